The van der Waals surface area contributed by atoms with Crippen LogP contribution in [-0.4, -0.2) is 52.9 Å². The van der Waals surface area contributed by atoms with Crippen LogP contribution in [-0.2, 0) is 24.8 Å². The number of hydrogen-bond acceptors (Lipinski definition) is 5. The lowest BCUT2D eigenvalue weighted by atomic mass is 9.99. The second kappa shape index (κ2) is 8.68. The molecule has 1 aliphatic heterocycles. The monoisotopic (exact) mass is 417 g/mol. The van der Waals surface area contributed by atoms with Gasteiger partial charge in [-0.25, -0.2) is 25.9 Å². The zero-order valence-electron chi connectivity index (χ0n) is 15.8. The first-order chi connectivity index (χ1) is 12.5. The molecule has 0 bridgehead atoms. The lowest BCUT2D eigenvalue weighted by Gasteiger charge is -2.30. The van der Waals surface area contributed by atoms with Gasteiger partial charge in [0.1, 0.15) is 0 Å². The Kier molecular flexibility index (Phi) is 7.01. The van der Waals surface area contributed by atoms with E-state index in [1.165, 1.54) is 22.7 Å². The fraction of sp³-hybridized carbons (Fsp3) is 0.588. The van der Waals surface area contributed by atoms with Crippen molar-refractivity contribution in [1.82, 2.24) is 9.03 Å². The van der Waals surface area contributed by atoms with Gasteiger partial charge in [0, 0.05) is 31.2 Å². The quantitative estimate of drug-likeness (QED) is 0.693. The zero-order valence-corrected chi connectivity index (χ0v) is 17.4. The summed E-state index contributed by atoms with van der Waals surface area (Å²) in [5.74, 6) is -0.198. The third-order valence-corrected chi connectivity index (χ3v) is 7.30. The maximum Gasteiger partial charge on any atom is 0.240 e. The lowest BCUT2D eigenvalue weighted by molar-refractivity contribution is -0.118. The molecule has 1 heterocycles. The van der Waals surface area contributed by atoms with Gasteiger partial charge in [-0.1, -0.05) is 13.8 Å². The maximum absolute atomic E-state index is 12.4. The van der Waals surface area contributed by atoms with Crippen molar-refractivity contribution in [1.29, 1.82) is 0 Å². The Bertz CT molecular complexity index is 856. The molecule has 1 aromatic rings. The smallest absolute Gasteiger partial charge is 0.240 e. The number of carbonyl (C=O) groups excluding carboxylic acids is 1. The molecule has 0 aromatic heterocycles. The molecule has 0 aliphatic carbocycles. The van der Waals surface area contributed by atoms with Crippen molar-refractivity contribution < 1.29 is 21.6 Å². The number of carbonyl (C=O) groups is 1. The standard InChI is InChI=1S/C17H27N3O5S2/c1-13(2)17(21)19-15-4-6-16(7-5-15)27(24,25)18-12-14-8-10-20(11-9-14)26(3,22)23/h4-7,13-14,18H,8-12H2,1-3H3,(H,19,21). The van der Waals surface area contributed by atoms with Gasteiger partial charge in [-0.05, 0) is 43.0 Å². The molecule has 1 aliphatic rings. The summed E-state index contributed by atoms with van der Waals surface area (Å²) in [7, 11) is -6.85. The average molecular weight is 418 g/mol. The summed E-state index contributed by atoms with van der Waals surface area (Å²) >= 11 is 0. The van der Waals surface area contributed by atoms with Crippen LogP contribution in [0.5, 0.6) is 0 Å². The second-order valence-electron chi connectivity index (χ2n) is 7.13. The molecular formula is C17H27N3O5S2. The highest BCUT2D eigenvalue weighted by Gasteiger charge is 2.26. The minimum absolute atomic E-state index is 0.0994. The molecule has 152 valence electrons. The predicted molar refractivity (Wildman–Crippen MR) is 104 cm³/mol. The summed E-state index contributed by atoms with van der Waals surface area (Å²) in [6.45, 7) is 4.65. The summed E-state index contributed by atoms with van der Waals surface area (Å²) in [4.78, 5) is 11.8. The number of hydrogen-bond donors (Lipinski definition) is 2. The van der Waals surface area contributed by atoms with E-state index in [1.807, 2.05) is 0 Å². The molecule has 27 heavy (non-hydrogen) atoms. The predicted octanol–water partition coefficient (Wildman–Crippen LogP) is 1.23. The first kappa shape index (κ1) is 21.8. The Hall–Kier alpha value is -1.49. The van der Waals surface area contributed by atoms with Gasteiger partial charge in [-0.2, -0.15) is 0 Å². The van der Waals surface area contributed by atoms with Gasteiger partial charge in [-0.3, -0.25) is 4.79 Å². The van der Waals surface area contributed by atoms with Crippen molar-refractivity contribution in [2.24, 2.45) is 11.8 Å². The highest BCUT2D eigenvalue weighted by atomic mass is 32.2. The van der Waals surface area contributed by atoms with Gasteiger partial charge in [0.05, 0.1) is 11.2 Å². The molecule has 8 nitrogen and oxygen atoms in total. The van der Waals surface area contributed by atoms with Crippen molar-refractivity contribution in [2.75, 3.05) is 31.2 Å². The van der Waals surface area contributed by atoms with Gasteiger partial charge >= 0.3 is 0 Å². The minimum atomic E-state index is -3.66. The number of benzene rings is 1. The molecule has 0 unspecified atom stereocenters. The van der Waals surface area contributed by atoms with Crippen LogP contribution in [0.25, 0.3) is 0 Å². The number of anilines is 1. The molecule has 2 N–H and O–H groups in total. The van der Waals surface area contributed by atoms with E-state index >= 15 is 0 Å². The number of rotatable bonds is 7. The Labute approximate surface area is 161 Å². The molecular weight excluding hydrogens is 390 g/mol. The van der Waals surface area contributed by atoms with Crippen molar-refractivity contribution in [3.8, 4) is 0 Å². The molecule has 1 fully saturated rings. The second-order valence-corrected chi connectivity index (χ2v) is 10.9. The molecule has 10 heteroatoms. The number of nitrogens with one attached hydrogen (secondary N) is 2. The van der Waals surface area contributed by atoms with Gasteiger partial charge in [0.25, 0.3) is 0 Å². The topological polar surface area (TPSA) is 113 Å². The molecule has 0 saturated carbocycles. The van der Waals surface area contributed by atoms with Gasteiger partial charge in [-0.15, -0.1) is 0 Å². The minimum Gasteiger partial charge on any atom is -0.326 e. The van der Waals surface area contributed by atoms with Crippen LogP contribution in [0.3, 0.4) is 0 Å². The Balaban J connectivity index is 1.90. The van der Waals surface area contributed by atoms with E-state index in [9.17, 15) is 21.6 Å². The Morgan fingerprint density at radius 1 is 1.11 bits per heavy atom. The SMILES string of the molecule is CC(C)C(=O)Nc1ccc(S(=O)(=O)NCC2CCN(S(C)(=O)=O)CC2)cc1. The Morgan fingerprint density at radius 3 is 2.15 bits per heavy atom. The average Bonchev–Trinajstić information content (AvgIpc) is 2.60. The van der Waals surface area contributed by atoms with Crippen molar-refractivity contribution >= 4 is 31.6 Å². The largest absolute Gasteiger partial charge is 0.326 e. The maximum atomic E-state index is 12.4. The van der Waals surface area contributed by atoms with E-state index in [0.29, 0.717) is 31.6 Å². The van der Waals surface area contributed by atoms with Crippen LogP contribution in [0.15, 0.2) is 29.2 Å². The van der Waals surface area contributed by atoms with Crippen LogP contribution < -0.4 is 10.0 Å². The van der Waals surface area contributed by atoms with Crippen LogP contribution >= 0.6 is 0 Å². The van der Waals surface area contributed by atoms with Crippen LogP contribution in [0, 0.1) is 11.8 Å². The number of amides is 1. The molecule has 1 amide bonds. The summed E-state index contributed by atoms with van der Waals surface area (Å²) in [6.07, 6.45) is 2.43. The molecule has 0 atom stereocenters. The van der Waals surface area contributed by atoms with E-state index in [1.54, 1.807) is 26.0 Å². The number of nitrogens with zero attached hydrogens (tertiary/aromatic N) is 1. The molecule has 2 rings (SSSR count). The lowest BCUT2D eigenvalue weighted by Crippen LogP contribution is -2.41. The van der Waals surface area contributed by atoms with E-state index in [-0.39, 0.29) is 29.2 Å². The van der Waals surface area contributed by atoms with Crippen LogP contribution in [0.4, 0.5) is 5.69 Å². The first-order valence-corrected chi connectivity index (χ1v) is 12.2. The van der Waals surface area contributed by atoms with Crippen molar-refractivity contribution in [2.45, 2.75) is 31.6 Å². The number of piperidine rings is 1. The normalized spacial score (nSPS) is 17.2. The Morgan fingerprint density at radius 2 is 1.67 bits per heavy atom. The third kappa shape index (κ3) is 6.27. The van der Waals surface area contributed by atoms with E-state index in [0.717, 1.165) is 0 Å². The highest BCUT2D eigenvalue weighted by molar-refractivity contribution is 7.89. The van der Waals surface area contributed by atoms with E-state index in [4.69, 9.17) is 0 Å². The van der Waals surface area contributed by atoms with Gasteiger partial charge in [0.2, 0.25) is 26.0 Å². The summed E-state index contributed by atoms with van der Waals surface area (Å²) in [5, 5.41) is 2.71. The van der Waals surface area contributed by atoms with Crippen LogP contribution in [0.1, 0.15) is 26.7 Å². The third-order valence-electron chi connectivity index (χ3n) is 4.56. The summed E-state index contributed by atoms with van der Waals surface area (Å²) in [5.41, 5.74) is 0.542. The fourth-order valence-corrected chi connectivity index (χ4v) is 4.75. The van der Waals surface area contributed by atoms with Crippen LogP contribution in [0.2, 0.25) is 0 Å². The van der Waals surface area contributed by atoms with Gasteiger partial charge < -0.3 is 5.32 Å². The van der Waals surface area contributed by atoms with E-state index in [2.05, 4.69) is 10.0 Å². The highest BCUT2D eigenvalue weighted by Crippen LogP contribution is 2.20. The summed E-state index contributed by atoms with van der Waals surface area (Å²) < 4.78 is 51.9. The molecule has 0 spiro atoms. The zero-order chi connectivity index (χ0) is 20.2. The first-order valence-electron chi connectivity index (χ1n) is 8.85. The molecule has 1 saturated heterocycles. The van der Waals surface area contributed by atoms with Gasteiger partial charge in [0.15, 0.2) is 0 Å². The van der Waals surface area contributed by atoms with Crippen molar-refractivity contribution in [3.63, 3.8) is 0 Å². The summed E-state index contributed by atoms with van der Waals surface area (Å²) in [6, 6.07) is 6.01. The molecule has 1 aromatic carbocycles. The van der Waals surface area contributed by atoms with E-state index < -0.39 is 20.0 Å². The fourth-order valence-electron chi connectivity index (χ4n) is 2.76. The van der Waals surface area contributed by atoms with Crippen molar-refractivity contribution in [3.05, 3.63) is 24.3 Å². The molecule has 0 radical (unpaired) electrons. The number of sulfonamides is 2.